The fourth-order valence-electron chi connectivity index (χ4n) is 3.27. The fourth-order valence-corrected chi connectivity index (χ4v) is 3.27. The quantitative estimate of drug-likeness (QED) is 0.591. The molecule has 1 saturated heterocycles. The second-order valence-electron chi connectivity index (χ2n) is 6.77. The molecule has 1 aromatic carbocycles. The maximum absolute atomic E-state index is 4.27. The summed E-state index contributed by atoms with van der Waals surface area (Å²) < 4.78 is 1.90. The summed E-state index contributed by atoms with van der Waals surface area (Å²) in [5.41, 5.74) is 2.67. The number of aromatic nitrogens is 2. The molecule has 1 fully saturated rings. The lowest BCUT2D eigenvalue weighted by atomic mass is 10.1. The zero-order chi connectivity index (χ0) is 18.0. The molecule has 2 aromatic rings. The standard InChI is InChI=1S/C20H30N6/c1-21-20(22-11-15-26-14-5-10-24-26)23-16-18-6-8-19(9-7-18)17-25-12-3-2-4-13-25/h5-10,14H,2-4,11-13,15-17H2,1H3,(H2,21,22,23). The summed E-state index contributed by atoms with van der Waals surface area (Å²) >= 11 is 0. The molecule has 26 heavy (non-hydrogen) atoms. The zero-order valence-corrected chi connectivity index (χ0v) is 15.7. The zero-order valence-electron chi connectivity index (χ0n) is 15.7. The molecule has 0 aliphatic carbocycles. The number of benzene rings is 1. The summed E-state index contributed by atoms with van der Waals surface area (Å²) in [7, 11) is 1.80. The highest BCUT2D eigenvalue weighted by Crippen LogP contribution is 2.13. The van der Waals surface area contributed by atoms with Gasteiger partial charge in [-0.25, -0.2) is 0 Å². The molecular weight excluding hydrogens is 324 g/mol. The molecule has 0 amide bonds. The second kappa shape index (κ2) is 9.97. The molecule has 0 unspecified atom stereocenters. The van der Waals surface area contributed by atoms with Crippen LogP contribution in [-0.4, -0.2) is 47.3 Å². The monoisotopic (exact) mass is 354 g/mol. The maximum Gasteiger partial charge on any atom is 0.191 e. The molecule has 2 N–H and O–H groups in total. The van der Waals surface area contributed by atoms with Crippen molar-refractivity contribution in [1.29, 1.82) is 0 Å². The van der Waals surface area contributed by atoms with Gasteiger partial charge in [0.2, 0.25) is 0 Å². The Balaban J connectivity index is 1.39. The number of hydrogen-bond donors (Lipinski definition) is 2. The third-order valence-corrected chi connectivity index (χ3v) is 4.75. The Morgan fingerprint density at radius 3 is 2.54 bits per heavy atom. The van der Waals surface area contributed by atoms with E-state index in [-0.39, 0.29) is 0 Å². The lowest BCUT2D eigenvalue weighted by Gasteiger charge is -2.26. The van der Waals surface area contributed by atoms with Crippen LogP contribution in [0.3, 0.4) is 0 Å². The average Bonchev–Trinajstić information content (AvgIpc) is 3.20. The molecule has 0 radical (unpaired) electrons. The van der Waals surface area contributed by atoms with Crippen molar-refractivity contribution in [2.24, 2.45) is 4.99 Å². The predicted molar refractivity (Wildman–Crippen MR) is 106 cm³/mol. The van der Waals surface area contributed by atoms with E-state index in [0.29, 0.717) is 0 Å². The van der Waals surface area contributed by atoms with Gasteiger partial charge in [-0.15, -0.1) is 0 Å². The van der Waals surface area contributed by atoms with E-state index in [0.717, 1.165) is 32.1 Å². The molecule has 0 bridgehead atoms. The Kier molecular flexibility index (Phi) is 7.07. The van der Waals surface area contributed by atoms with Crippen molar-refractivity contribution in [3.63, 3.8) is 0 Å². The molecule has 6 heteroatoms. The number of guanidine groups is 1. The van der Waals surface area contributed by atoms with E-state index in [2.05, 4.69) is 49.9 Å². The third-order valence-electron chi connectivity index (χ3n) is 4.75. The van der Waals surface area contributed by atoms with Crippen molar-refractivity contribution < 1.29 is 0 Å². The number of piperidine rings is 1. The Labute approximate surface area is 156 Å². The van der Waals surface area contributed by atoms with Gasteiger partial charge in [0.1, 0.15) is 0 Å². The lowest BCUT2D eigenvalue weighted by Crippen LogP contribution is -2.38. The highest BCUT2D eigenvalue weighted by Gasteiger charge is 2.10. The van der Waals surface area contributed by atoms with Crippen LogP contribution in [0.2, 0.25) is 0 Å². The number of nitrogens with one attached hydrogen (secondary N) is 2. The van der Waals surface area contributed by atoms with Crippen molar-refractivity contribution in [3.05, 3.63) is 53.9 Å². The van der Waals surface area contributed by atoms with Crippen LogP contribution in [0.1, 0.15) is 30.4 Å². The van der Waals surface area contributed by atoms with E-state index < -0.39 is 0 Å². The van der Waals surface area contributed by atoms with Gasteiger partial charge in [0.05, 0.1) is 6.54 Å². The van der Waals surface area contributed by atoms with E-state index in [1.807, 2.05) is 16.9 Å². The van der Waals surface area contributed by atoms with Crippen LogP contribution in [0.15, 0.2) is 47.7 Å². The van der Waals surface area contributed by atoms with Gasteiger partial charge in [0.15, 0.2) is 5.96 Å². The van der Waals surface area contributed by atoms with Gasteiger partial charge in [-0.2, -0.15) is 5.10 Å². The molecule has 2 heterocycles. The van der Waals surface area contributed by atoms with E-state index >= 15 is 0 Å². The van der Waals surface area contributed by atoms with Gasteiger partial charge in [0, 0.05) is 39.1 Å². The van der Waals surface area contributed by atoms with Crippen LogP contribution in [0.4, 0.5) is 0 Å². The van der Waals surface area contributed by atoms with Crippen LogP contribution < -0.4 is 10.6 Å². The van der Waals surface area contributed by atoms with Gasteiger partial charge in [0.25, 0.3) is 0 Å². The minimum absolute atomic E-state index is 0.769. The Morgan fingerprint density at radius 1 is 1.08 bits per heavy atom. The molecule has 1 aliphatic heterocycles. The Morgan fingerprint density at radius 2 is 1.85 bits per heavy atom. The SMILES string of the molecule is CN=C(NCCn1cccn1)NCc1ccc(CN2CCCCC2)cc1. The minimum atomic E-state index is 0.769. The van der Waals surface area contributed by atoms with Gasteiger partial charge >= 0.3 is 0 Å². The highest BCUT2D eigenvalue weighted by molar-refractivity contribution is 5.79. The first-order valence-corrected chi connectivity index (χ1v) is 9.55. The molecule has 0 saturated carbocycles. The summed E-state index contributed by atoms with van der Waals surface area (Å²) in [4.78, 5) is 6.83. The normalized spacial score (nSPS) is 15.8. The Hall–Kier alpha value is -2.34. The number of hydrogen-bond acceptors (Lipinski definition) is 3. The number of rotatable bonds is 7. The maximum atomic E-state index is 4.27. The van der Waals surface area contributed by atoms with E-state index in [9.17, 15) is 0 Å². The average molecular weight is 355 g/mol. The molecule has 140 valence electrons. The van der Waals surface area contributed by atoms with Crippen LogP contribution in [0, 0.1) is 0 Å². The largest absolute Gasteiger partial charge is 0.355 e. The molecule has 1 aromatic heterocycles. The van der Waals surface area contributed by atoms with Crippen molar-refractivity contribution in [2.45, 2.75) is 38.9 Å². The van der Waals surface area contributed by atoms with E-state index in [1.54, 1.807) is 13.2 Å². The van der Waals surface area contributed by atoms with Crippen LogP contribution in [-0.2, 0) is 19.6 Å². The summed E-state index contributed by atoms with van der Waals surface area (Å²) in [6.45, 7) is 5.93. The molecule has 0 atom stereocenters. The van der Waals surface area contributed by atoms with Gasteiger partial charge in [-0.1, -0.05) is 30.7 Å². The van der Waals surface area contributed by atoms with Gasteiger partial charge < -0.3 is 10.6 Å². The summed E-state index contributed by atoms with van der Waals surface area (Å²) in [6, 6.07) is 10.9. The molecule has 1 aliphatic rings. The lowest BCUT2D eigenvalue weighted by molar-refractivity contribution is 0.221. The van der Waals surface area contributed by atoms with Crippen LogP contribution >= 0.6 is 0 Å². The highest BCUT2D eigenvalue weighted by atomic mass is 15.3. The number of aliphatic imine (C=N–C) groups is 1. The number of likely N-dealkylation sites (tertiary alicyclic amines) is 1. The van der Waals surface area contributed by atoms with Crippen molar-refractivity contribution in [1.82, 2.24) is 25.3 Å². The van der Waals surface area contributed by atoms with Crippen molar-refractivity contribution in [3.8, 4) is 0 Å². The second-order valence-corrected chi connectivity index (χ2v) is 6.77. The van der Waals surface area contributed by atoms with Crippen molar-refractivity contribution >= 4 is 5.96 Å². The number of nitrogens with zero attached hydrogens (tertiary/aromatic N) is 4. The molecular formula is C20H30N6. The molecule has 6 nitrogen and oxygen atoms in total. The van der Waals surface area contributed by atoms with Crippen LogP contribution in [0.5, 0.6) is 0 Å². The summed E-state index contributed by atoms with van der Waals surface area (Å²) in [5, 5.41) is 10.9. The first kappa shape index (κ1) is 18.5. The van der Waals surface area contributed by atoms with Gasteiger partial charge in [-0.3, -0.25) is 14.6 Å². The summed E-state index contributed by atoms with van der Waals surface area (Å²) in [6.07, 6.45) is 7.83. The molecule has 3 rings (SSSR count). The first-order valence-electron chi connectivity index (χ1n) is 9.55. The van der Waals surface area contributed by atoms with Gasteiger partial charge in [-0.05, 0) is 43.1 Å². The third kappa shape index (κ3) is 5.88. The van der Waals surface area contributed by atoms with E-state index in [1.165, 1.54) is 43.5 Å². The summed E-state index contributed by atoms with van der Waals surface area (Å²) in [5.74, 6) is 0.814. The minimum Gasteiger partial charge on any atom is -0.355 e. The topological polar surface area (TPSA) is 57.5 Å². The fraction of sp³-hybridized carbons (Fsp3) is 0.500. The smallest absolute Gasteiger partial charge is 0.191 e. The van der Waals surface area contributed by atoms with E-state index in [4.69, 9.17) is 0 Å². The Bertz CT molecular complexity index is 656. The predicted octanol–water partition coefficient (Wildman–Crippen LogP) is 2.23. The first-order chi connectivity index (χ1) is 12.8. The van der Waals surface area contributed by atoms with Crippen LogP contribution in [0.25, 0.3) is 0 Å². The molecule has 0 spiro atoms. The van der Waals surface area contributed by atoms with Crippen molar-refractivity contribution in [2.75, 3.05) is 26.7 Å².